The zero-order valence-electron chi connectivity index (χ0n) is 23.2. The molecule has 3 aliphatic rings. The first-order valence-corrected chi connectivity index (χ1v) is 16.5. The van der Waals surface area contributed by atoms with Gasteiger partial charge >= 0.3 is 0 Å². The van der Waals surface area contributed by atoms with E-state index < -0.39 is 10.0 Å². The van der Waals surface area contributed by atoms with E-state index in [2.05, 4.69) is 14.9 Å². The van der Waals surface area contributed by atoms with Gasteiger partial charge in [0.2, 0.25) is 0 Å². The first kappa shape index (κ1) is 27.5. The Labute approximate surface area is 252 Å². The second-order valence-corrected chi connectivity index (χ2v) is 13.7. The SMILES string of the molecule is O=C(NCc1cccs1)c1ccc(N2CC3CC(C2)c2cccc(=O)n2C3)c(NS(=O)(=O)c2ccc3c(c2)OCCO3)c1. The van der Waals surface area contributed by atoms with E-state index in [0.29, 0.717) is 67.8 Å². The van der Waals surface area contributed by atoms with E-state index in [0.717, 1.165) is 17.0 Å². The molecule has 1 saturated heterocycles. The summed E-state index contributed by atoms with van der Waals surface area (Å²) >= 11 is 1.55. The standard InChI is InChI=1S/C31H30N4O6S2/c36-30-5-1-4-26-22-13-20(18-35(26)30)17-34(19-22)27-8-6-21(31(37)32-16-23-3-2-12-42-23)14-25(27)33-43(38,39)24-7-9-28-29(15-24)41-11-10-40-28/h1-9,12,14-15,20,22,33H,10-11,13,16-19H2,(H,32,37). The highest BCUT2D eigenvalue weighted by Crippen LogP contribution is 2.40. The van der Waals surface area contributed by atoms with E-state index in [4.69, 9.17) is 9.47 Å². The summed E-state index contributed by atoms with van der Waals surface area (Å²) in [5.41, 5.74) is 2.33. The summed E-state index contributed by atoms with van der Waals surface area (Å²) in [6, 6.07) is 18.9. The van der Waals surface area contributed by atoms with Crippen molar-refractivity contribution in [2.45, 2.75) is 30.3 Å². The first-order valence-electron chi connectivity index (χ1n) is 14.2. The van der Waals surface area contributed by atoms with E-state index in [9.17, 15) is 18.0 Å². The summed E-state index contributed by atoms with van der Waals surface area (Å²) in [5, 5.41) is 4.87. The molecule has 0 aliphatic carbocycles. The fraction of sp³-hybridized carbons (Fsp3) is 0.290. The highest BCUT2D eigenvalue weighted by atomic mass is 32.2. The van der Waals surface area contributed by atoms with E-state index in [1.165, 1.54) is 12.1 Å². The molecule has 222 valence electrons. The van der Waals surface area contributed by atoms with Gasteiger partial charge in [0.25, 0.3) is 21.5 Å². The molecule has 2 aromatic carbocycles. The summed E-state index contributed by atoms with van der Waals surface area (Å²) < 4.78 is 43.2. The van der Waals surface area contributed by atoms with Crippen molar-refractivity contribution in [3.05, 3.63) is 98.6 Å². The van der Waals surface area contributed by atoms with Crippen LogP contribution in [0.3, 0.4) is 0 Å². The van der Waals surface area contributed by atoms with Gasteiger partial charge in [0.1, 0.15) is 13.2 Å². The number of benzene rings is 2. The second-order valence-electron chi connectivity index (χ2n) is 11.0. The second kappa shape index (κ2) is 11.1. The number of hydrogen-bond donors (Lipinski definition) is 2. The molecule has 0 radical (unpaired) electrons. The number of ether oxygens (including phenoxy) is 2. The number of anilines is 2. The number of fused-ring (bicyclic) bond motifs is 5. The molecule has 3 aliphatic heterocycles. The minimum atomic E-state index is -4.06. The average molecular weight is 619 g/mol. The fourth-order valence-electron chi connectivity index (χ4n) is 6.21. The highest BCUT2D eigenvalue weighted by molar-refractivity contribution is 7.92. The van der Waals surface area contributed by atoms with Crippen LogP contribution in [-0.4, -0.2) is 45.2 Å². The van der Waals surface area contributed by atoms with Crippen molar-refractivity contribution in [3.8, 4) is 11.5 Å². The number of sulfonamides is 1. The number of rotatable bonds is 7. The number of amides is 1. The predicted molar refractivity (Wildman–Crippen MR) is 164 cm³/mol. The number of thiophene rings is 1. The molecule has 0 spiro atoms. The van der Waals surface area contributed by atoms with Crippen molar-refractivity contribution in [1.29, 1.82) is 0 Å². The van der Waals surface area contributed by atoms with Crippen LogP contribution in [0.4, 0.5) is 11.4 Å². The Bertz CT molecular complexity index is 1850. The monoisotopic (exact) mass is 618 g/mol. The van der Waals surface area contributed by atoms with Gasteiger partial charge in [-0.05, 0) is 60.2 Å². The molecule has 2 aromatic heterocycles. The van der Waals surface area contributed by atoms with Gasteiger partial charge in [-0.3, -0.25) is 14.3 Å². The number of nitrogens with one attached hydrogen (secondary N) is 2. The number of nitrogens with zero attached hydrogens (tertiary/aromatic N) is 2. The number of carbonyl (C=O) groups is 1. The largest absolute Gasteiger partial charge is 0.486 e. The summed E-state index contributed by atoms with van der Waals surface area (Å²) in [4.78, 5) is 28.9. The molecule has 2 bridgehead atoms. The molecule has 7 rings (SSSR count). The Morgan fingerprint density at radius 1 is 0.953 bits per heavy atom. The molecule has 12 heteroatoms. The fourth-order valence-corrected chi connectivity index (χ4v) is 7.93. The van der Waals surface area contributed by atoms with Crippen molar-refractivity contribution in [2.24, 2.45) is 5.92 Å². The quantitative estimate of drug-likeness (QED) is 0.321. The van der Waals surface area contributed by atoms with Gasteiger partial charge in [-0.25, -0.2) is 8.42 Å². The number of hydrogen-bond acceptors (Lipinski definition) is 8. The number of aromatic nitrogens is 1. The Hall–Kier alpha value is -4.29. The van der Waals surface area contributed by atoms with Gasteiger partial charge in [0.05, 0.1) is 22.8 Å². The van der Waals surface area contributed by atoms with Gasteiger partial charge in [-0.1, -0.05) is 12.1 Å². The van der Waals surface area contributed by atoms with E-state index in [1.807, 2.05) is 28.1 Å². The van der Waals surface area contributed by atoms with Crippen LogP contribution in [0.5, 0.6) is 11.5 Å². The maximum Gasteiger partial charge on any atom is 0.262 e. The van der Waals surface area contributed by atoms with Crippen LogP contribution < -0.4 is 30.0 Å². The number of carbonyl (C=O) groups excluding carboxylic acids is 1. The van der Waals surface area contributed by atoms with Crippen LogP contribution in [0.25, 0.3) is 0 Å². The van der Waals surface area contributed by atoms with Crippen LogP contribution in [0.2, 0.25) is 0 Å². The third-order valence-electron chi connectivity index (χ3n) is 8.15. The normalized spacial score (nSPS) is 18.9. The average Bonchev–Trinajstić information content (AvgIpc) is 3.54. The van der Waals surface area contributed by atoms with Crippen molar-refractivity contribution in [1.82, 2.24) is 9.88 Å². The molecule has 1 fully saturated rings. The Balaban J connectivity index is 1.22. The highest BCUT2D eigenvalue weighted by Gasteiger charge is 2.35. The molecule has 1 amide bonds. The molecular weight excluding hydrogens is 588 g/mol. The molecule has 2 unspecified atom stereocenters. The van der Waals surface area contributed by atoms with Crippen LogP contribution >= 0.6 is 11.3 Å². The van der Waals surface area contributed by atoms with Crippen molar-refractivity contribution >= 4 is 38.6 Å². The van der Waals surface area contributed by atoms with Gasteiger partial charge in [-0.15, -0.1) is 11.3 Å². The zero-order valence-corrected chi connectivity index (χ0v) is 24.8. The van der Waals surface area contributed by atoms with Crippen LogP contribution in [0.15, 0.2) is 81.8 Å². The Morgan fingerprint density at radius 2 is 1.81 bits per heavy atom. The predicted octanol–water partition coefficient (Wildman–Crippen LogP) is 4.04. The zero-order chi connectivity index (χ0) is 29.6. The summed E-state index contributed by atoms with van der Waals surface area (Å²) in [6.45, 7) is 3.00. The van der Waals surface area contributed by atoms with Crippen molar-refractivity contribution in [3.63, 3.8) is 0 Å². The van der Waals surface area contributed by atoms with Gasteiger partial charge in [0.15, 0.2) is 11.5 Å². The van der Waals surface area contributed by atoms with Crippen LogP contribution in [0.1, 0.15) is 33.3 Å². The minimum absolute atomic E-state index is 0.00596. The minimum Gasteiger partial charge on any atom is -0.486 e. The van der Waals surface area contributed by atoms with Crippen LogP contribution in [-0.2, 0) is 23.1 Å². The molecule has 0 saturated carbocycles. The third-order valence-corrected chi connectivity index (χ3v) is 10.4. The van der Waals surface area contributed by atoms with Crippen molar-refractivity contribution < 1.29 is 22.7 Å². The lowest BCUT2D eigenvalue weighted by Crippen LogP contribution is -2.47. The van der Waals surface area contributed by atoms with Gasteiger partial charge in [-0.2, -0.15) is 0 Å². The maximum absolute atomic E-state index is 13.7. The first-order chi connectivity index (χ1) is 20.8. The molecular formula is C31H30N4O6S2. The third kappa shape index (κ3) is 5.48. The van der Waals surface area contributed by atoms with Crippen molar-refractivity contribution in [2.75, 3.05) is 35.9 Å². The summed E-state index contributed by atoms with van der Waals surface area (Å²) in [5.74, 6) is 0.909. The van der Waals surface area contributed by atoms with E-state index in [1.54, 1.807) is 47.7 Å². The lowest BCUT2D eigenvalue weighted by molar-refractivity contribution is 0.0951. The summed E-state index contributed by atoms with van der Waals surface area (Å²) in [7, 11) is -4.06. The molecule has 5 heterocycles. The smallest absolute Gasteiger partial charge is 0.262 e. The Kier molecular flexibility index (Phi) is 7.10. The lowest BCUT2D eigenvalue weighted by Gasteiger charge is -2.44. The van der Waals surface area contributed by atoms with Gasteiger partial charge < -0.3 is 24.3 Å². The lowest BCUT2D eigenvalue weighted by atomic mass is 9.83. The maximum atomic E-state index is 13.7. The van der Waals surface area contributed by atoms with E-state index in [-0.39, 0.29) is 28.2 Å². The topological polar surface area (TPSA) is 119 Å². The van der Waals surface area contributed by atoms with Gasteiger partial charge in [0, 0.05) is 53.8 Å². The summed E-state index contributed by atoms with van der Waals surface area (Å²) in [6.07, 6.45) is 0.960. The Morgan fingerprint density at radius 3 is 2.65 bits per heavy atom. The molecule has 4 aromatic rings. The molecule has 43 heavy (non-hydrogen) atoms. The molecule has 2 N–H and O–H groups in total. The van der Waals surface area contributed by atoms with Crippen LogP contribution in [0, 0.1) is 5.92 Å². The molecule has 10 nitrogen and oxygen atoms in total. The van der Waals surface area contributed by atoms with E-state index >= 15 is 0 Å². The number of piperidine rings is 1. The molecule has 2 atom stereocenters. The number of pyridine rings is 1.